The van der Waals surface area contributed by atoms with E-state index in [0.717, 1.165) is 24.0 Å². The molecule has 0 saturated heterocycles. The van der Waals surface area contributed by atoms with E-state index in [9.17, 15) is 9.36 Å². The number of phosphoric acid groups is 1. The Balaban J connectivity index is 1.70. The summed E-state index contributed by atoms with van der Waals surface area (Å²) in [6, 6.07) is 18.3. The maximum absolute atomic E-state index is 13.5. The molecule has 2 aromatic rings. The summed E-state index contributed by atoms with van der Waals surface area (Å²) in [7, 11) is -3.97. The fraction of sp³-hybridized carbons (Fsp3) is 0.409. The minimum absolute atomic E-state index is 0.0550. The van der Waals surface area contributed by atoms with E-state index in [4.69, 9.17) is 29.9 Å². The Morgan fingerprint density at radius 3 is 1.90 bits per heavy atom. The molecule has 0 bridgehead atoms. The summed E-state index contributed by atoms with van der Waals surface area (Å²) >= 11 is 5.42. The summed E-state index contributed by atoms with van der Waals surface area (Å²) in [5.41, 5.74) is 1.66. The van der Waals surface area contributed by atoms with Crippen LogP contribution in [0.5, 0.6) is 0 Å². The number of carbonyl (C=O) groups excluding carboxylic acids is 1. The van der Waals surface area contributed by atoms with Gasteiger partial charge in [0.2, 0.25) is 0 Å². The molecule has 9 heteroatoms. The fourth-order valence-corrected chi connectivity index (χ4v) is 4.71. The lowest BCUT2D eigenvalue weighted by molar-refractivity contribution is -0.0512. The van der Waals surface area contributed by atoms with Crippen molar-refractivity contribution < 1.29 is 32.4 Å². The van der Waals surface area contributed by atoms with Crippen LogP contribution in [0.3, 0.4) is 0 Å². The third-order valence-electron chi connectivity index (χ3n) is 4.79. The second kappa shape index (κ2) is 12.2. The van der Waals surface area contributed by atoms with Crippen LogP contribution in [0.15, 0.2) is 60.7 Å². The van der Waals surface area contributed by atoms with E-state index in [2.05, 4.69) is 4.74 Å². The maximum atomic E-state index is 13.5. The largest absolute Gasteiger partial charge is 0.509 e. The average molecular weight is 469 g/mol. The van der Waals surface area contributed by atoms with Gasteiger partial charge in [-0.05, 0) is 30.4 Å². The van der Waals surface area contributed by atoms with Crippen molar-refractivity contribution in [2.45, 2.75) is 51.1 Å². The van der Waals surface area contributed by atoms with E-state index in [1.807, 2.05) is 60.7 Å². The van der Waals surface area contributed by atoms with Crippen molar-refractivity contribution in [2.75, 3.05) is 6.07 Å². The number of hydrogen-bond donors (Lipinski definition) is 0. The highest BCUT2D eigenvalue weighted by Gasteiger charge is 2.38. The zero-order chi connectivity index (χ0) is 21.9. The van der Waals surface area contributed by atoms with E-state index >= 15 is 0 Å². The Morgan fingerprint density at radius 1 is 0.871 bits per heavy atom. The molecule has 7 nitrogen and oxygen atoms in total. The third-order valence-corrected chi connectivity index (χ3v) is 6.32. The van der Waals surface area contributed by atoms with Gasteiger partial charge in [-0.1, -0.05) is 78.7 Å². The average Bonchev–Trinajstić information content (AvgIpc) is 2.79. The molecular weight excluding hydrogens is 443 g/mol. The minimum atomic E-state index is -3.97. The molecule has 0 N–H and O–H groups in total. The number of phosphoric ester groups is 1. The first-order valence-electron chi connectivity index (χ1n) is 10.1. The lowest BCUT2D eigenvalue weighted by Crippen LogP contribution is -2.36. The van der Waals surface area contributed by atoms with Crippen molar-refractivity contribution in [1.82, 2.24) is 0 Å². The molecule has 1 fully saturated rings. The summed E-state index contributed by atoms with van der Waals surface area (Å²) in [6.45, 7) is 0.110. The molecule has 0 aliphatic heterocycles. The van der Waals surface area contributed by atoms with Crippen LogP contribution in [0.25, 0.3) is 0 Å². The number of alkyl halides is 1. The van der Waals surface area contributed by atoms with Gasteiger partial charge in [-0.3, -0.25) is 13.6 Å². The summed E-state index contributed by atoms with van der Waals surface area (Å²) in [4.78, 5) is 11.7. The molecule has 2 aromatic carbocycles. The van der Waals surface area contributed by atoms with Crippen molar-refractivity contribution in [3.05, 3.63) is 71.8 Å². The van der Waals surface area contributed by atoms with Gasteiger partial charge in [0.05, 0.1) is 13.2 Å². The topological polar surface area (TPSA) is 80.3 Å². The molecule has 1 saturated carbocycles. The third kappa shape index (κ3) is 7.95. The first-order valence-corrected chi connectivity index (χ1v) is 12.1. The molecule has 0 heterocycles. The molecule has 31 heavy (non-hydrogen) atoms. The predicted molar refractivity (Wildman–Crippen MR) is 115 cm³/mol. The van der Waals surface area contributed by atoms with E-state index in [1.165, 1.54) is 0 Å². The normalized spacial score (nSPS) is 19.0. The summed E-state index contributed by atoms with van der Waals surface area (Å²) in [5, 5.41) is 0. The smallest absolute Gasteiger partial charge is 0.428 e. The SMILES string of the molecule is O=C(OCCl)O[C@H]1CCCC[C@@H]1OP(=O)(OCc1ccccc1)OCc1ccccc1. The van der Waals surface area contributed by atoms with Crippen LogP contribution in [0, 0.1) is 0 Å². The molecule has 0 radical (unpaired) electrons. The Kier molecular flexibility index (Phi) is 9.37. The van der Waals surface area contributed by atoms with Gasteiger partial charge in [0, 0.05) is 0 Å². The Morgan fingerprint density at radius 2 is 1.39 bits per heavy atom. The summed E-state index contributed by atoms with van der Waals surface area (Å²) < 4.78 is 40.7. The van der Waals surface area contributed by atoms with E-state index in [-0.39, 0.29) is 19.3 Å². The number of halogens is 1. The standard InChI is InChI=1S/C22H26ClO7P/c23-17-26-22(24)29-20-13-7-8-14-21(20)30-31(25,27-15-18-9-3-1-4-10-18)28-16-19-11-5-2-6-12-19/h1-6,9-12,20-21H,7-8,13-17H2/t20-,21-/m0/s1. The van der Waals surface area contributed by atoms with Gasteiger partial charge in [0.25, 0.3) is 0 Å². The van der Waals surface area contributed by atoms with Gasteiger partial charge in [0.15, 0.2) is 6.07 Å². The Labute approximate surface area is 187 Å². The van der Waals surface area contributed by atoms with Gasteiger partial charge >= 0.3 is 14.0 Å². The van der Waals surface area contributed by atoms with Gasteiger partial charge in [-0.15, -0.1) is 0 Å². The van der Waals surface area contributed by atoms with Crippen LogP contribution in [-0.2, 0) is 40.8 Å². The molecular formula is C22H26ClO7P. The molecule has 3 rings (SSSR count). The van der Waals surface area contributed by atoms with Crippen LogP contribution in [0.2, 0.25) is 0 Å². The number of carbonyl (C=O) groups is 1. The predicted octanol–water partition coefficient (Wildman–Crippen LogP) is 6.21. The molecule has 1 aliphatic rings. The quantitative estimate of drug-likeness (QED) is 0.233. The molecule has 2 atom stereocenters. The van der Waals surface area contributed by atoms with Crippen molar-refractivity contribution in [2.24, 2.45) is 0 Å². The summed E-state index contributed by atoms with van der Waals surface area (Å²) in [6.07, 6.45) is 0.629. The second-order valence-electron chi connectivity index (χ2n) is 7.05. The van der Waals surface area contributed by atoms with Gasteiger partial charge in [-0.25, -0.2) is 9.36 Å². The van der Waals surface area contributed by atoms with E-state index in [0.29, 0.717) is 12.8 Å². The molecule has 1 aliphatic carbocycles. The molecule has 0 unspecified atom stereocenters. The van der Waals surface area contributed by atoms with Crippen molar-refractivity contribution >= 4 is 25.6 Å². The van der Waals surface area contributed by atoms with Crippen molar-refractivity contribution in [1.29, 1.82) is 0 Å². The highest BCUT2D eigenvalue weighted by molar-refractivity contribution is 7.48. The van der Waals surface area contributed by atoms with Gasteiger partial charge in [0.1, 0.15) is 12.2 Å². The van der Waals surface area contributed by atoms with Crippen LogP contribution in [0.1, 0.15) is 36.8 Å². The first kappa shape index (κ1) is 23.8. The van der Waals surface area contributed by atoms with Crippen LogP contribution in [-0.4, -0.2) is 24.4 Å². The Bertz CT molecular complexity index is 802. The monoisotopic (exact) mass is 468 g/mol. The highest BCUT2D eigenvalue weighted by atomic mass is 35.5. The minimum Gasteiger partial charge on any atom is -0.428 e. The Hall–Kier alpha value is -1.89. The van der Waals surface area contributed by atoms with Crippen molar-refractivity contribution in [3.63, 3.8) is 0 Å². The second-order valence-corrected chi connectivity index (χ2v) is 8.89. The van der Waals surface area contributed by atoms with Crippen molar-refractivity contribution in [3.8, 4) is 0 Å². The molecule has 0 aromatic heterocycles. The first-order chi connectivity index (χ1) is 15.1. The van der Waals surface area contributed by atoms with Gasteiger partial charge in [-0.2, -0.15) is 0 Å². The lowest BCUT2D eigenvalue weighted by Gasteiger charge is -2.32. The number of hydrogen-bond acceptors (Lipinski definition) is 7. The highest BCUT2D eigenvalue weighted by Crippen LogP contribution is 2.53. The number of rotatable bonds is 10. The summed E-state index contributed by atoms with van der Waals surface area (Å²) in [5.74, 6) is 0. The van der Waals surface area contributed by atoms with Crippen LogP contribution in [0.4, 0.5) is 4.79 Å². The zero-order valence-electron chi connectivity index (χ0n) is 17.1. The van der Waals surface area contributed by atoms with E-state index < -0.39 is 26.2 Å². The number of ether oxygens (including phenoxy) is 2. The fourth-order valence-electron chi connectivity index (χ4n) is 3.24. The molecule has 0 amide bonds. The maximum Gasteiger partial charge on any atom is 0.509 e. The van der Waals surface area contributed by atoms with E-state index in [1.54, 1.807) is 0 Å². The van der Waals surface area contributed by atoms with Gasteiger partial charge < -0.3 is 9.47 Å². The lowest BCUT2D eigenvalue weighted by atomic mass is 9.95. The van der Waals surface area contributed by atoms with Crippen LogP contribution < -0.4 is 0 Å². The molecule has 0 spiro atoms. The zero-order valence-corrected chi connectivity index (χ0v) is 18.7. The molecule has 168 valence electrons. The van der Waals surface area contributed by atoms with Crippen LogP contribution >= 0.6 is 19.4 Å². The number of benzene rings is 2.